The van der Waals surface area contributed by atoms with Crippen molar-refractivity contribution in [1.29, 1.82) is 0 Å². The van der Waals surface area contributed by atoms with Gasteiger partial charge in [-0.25, -0.2) is 9.97 Å². The van der Waals surface area contributed by atoms with Crippen molar-refractivity contribution in [2.24, 2.45) is 7.05 Å². The predicted molar refractivity (Wildman–Crippen MR) is 123 cm³/mol. The topological polar surface area (TPSA) is 105 Å². The van der Waals surface area contributed by atoms with Gasteiger partial charge in [0.1, 0.15) is 11.1 Å². The summed E-state index contributed by atoms with van der Waals surface area (Å²) in [5.41, 5.74) is -0.456. The number of rotatable bonds is 4. The Hall–Kier alpha value is -3.67. The molecule has 1 aliphatic carbocycles. The second kappa shape index (κ2) is 7.67. The third-order valence-corrected chi connectivity index (χ3v) is 6.94. The van der Waals surface area contributed by atoms with E-state index in [1.807, 2.05) is 0 Å². The van der Waals surface area contributed by atoms with Crippen LogP contribution in [0.25, 0.3) is 27.8 Å². The number of hydrogen-bond acceptors (Lipinski definition) is 6. The number of nitrogens with one attached hydrogen (secondary N) is 3. The lowest BCUT2D eigenvalue weighted by Crippen LogP contribution is -2.46. The molecule has 0 radical (unpaired) electrons. The summed E-state index contributed by atoms with van der Waals surface area (Å²) in [4.78, 5) is 24.2. The van der Waals surface area contributed by atoms with Crippen molar-refractivity contribution >= 4 is 16.9 Å². The highest BCUT2D eigenvalue weighted by Crippen LogP contribution is 2.42. The molecule has 35 heavy (non-hydrogen) atoms. The largest absolute Gasteiger partial charge is 0.419 e. The van der Waals surface area contributed by atoms with Gasteiger partial charge in [-0.2, -0.15) is 18.3 Å². The maximum Gasteiger partial charge on any atom is 0.419 e. The minimum Gasteiger partial charge on any atom is -0.356 e. The number of fused-ring (bicyclic) bond motifs is 1. The molecular weight excluding hydrogens is 461 g/mol. The first-order valence-corrected chi connectivity index (χ1v) is 11.4. The van der Waals surface area contributed by atoms with E-state index in [2.05, 4.69) is 30.7 Å². The number of hydrogen-bond donors (Lipinski definition) is 3. The Morgan fingerprint density at radius 3 is 2.71 bits per heavy atom. The van der Waals surface area contributed by atoms with E-state index in [-0.39, 0.29) is 34.3 Å². The number of anilines is 1. The molecule has 182 valence electrons. The van der Waals surface area contributed by atoms with Gasteiger partial charge in [0.15, 0.2) is 0 Å². The van der Waals surface area contributed by atoms with Crippen molar-refractivity contribution in [3.63, 3.8) is 0 Å². The van der Waals surface area contributed by atoms with Crippen LogP contribution >= 0.6 is 0 Å². The molecule has 0 unspecified atom stereocenters. The van der Waals surface area contributed by atoms with Gasteiger partial charge in [-0.15, -0.1) is 0 Å². The number of nitrogens with zero attached hydrogens (tertiary/aromatic N) is 5. The van der Waals surface area contributed by atoms with Crippen LogP contribution in [0.1, 0.15) is 31.2 Å². The number of aromatic nitrogens is 6. The van der Waals surface area contributed by atoms with Gasteiger partial charge >= 0.3 is 6.18 Å². The SMILES string of the molecule is Cn1cc(-n2ccc3c(-c4nc(N[C@H]5CCC6(CC6)NC5)ncc4C(F)(F)F)c[nH]c3c2=O)cn1. The highest BCUT2D eigenvalue weighted by Gasteiger charge is 2.45. The number of piperidine rings is 1. The van der Waals surface area contributed by atoms with Gasteiger partial charge in [0.05, 0.1) is 17.6 Å². The van der Waals surface area contributed by atoms with Crippen molar-refractivity contribution in [2.45, 2.75) is 43.4 Å². The van der Waals surface area contributed by atoms with Crippen LogP contribution in [0.15, 0.2) is 41.8 Å². The monoisotopic (exact) mass is 484 g/mol. The van der Waals surface area contributed by atoms with Crippen molar-refractivity contribution in [1.82, 2.24) is 34.6 Å². The first kappa shape index (κ1) is 21.8. The molecule has 0 aromatic carbocycles. The first-order chi connectivity index (χ1) is 16.7. The van der Waals surface area contributed by atoms with Crippen molar-refractivity contribution in [3.8, 4) is 16.9 Å². The lowest BCUT2D eigenvalue weighted by molar-refractivity contribution is -0.137. The molecule has 4 aromatic heterocycles. The summed E-state index contributed by atoms with van der Waals surface area (Å²) in [6.07, 6.45) is 6.52. The number of alkyl halides is 3. The molecule has 3 N–H and O–H groups in total. The van der Waals surface area contributed by atoms with Crippen LogP contribution in [0.5, 0.6) is 0 Å². The summed E-state index contributed by atoms with van der Waals surface area (Å²) in [7, 11) is 1.73. The molecule has 12 heteroatoms. The Labute approximate surface area is 197 Å². The standard InChI is InChI=1S/C23H23F3N8O/c1-33-12-14(9-30-33)34-7-3-15-16(10-27-19(15)20(34)35)18-17(23(24,25)26)11-28-21(32-18)31-13-2-4-22(5-6-22)29-8-13/h3,7,9-13,27,29H,2,4-6,8H2,1H3,(H,28,31,32)/t13-/m0/s1. The molecule has 4 aromatic rings. The molecule has 1 saturated carbocycles. The highest BCUT2D eigenvalue weighted by molar-refractivity contribution is 5.95. The Morgan fingerprint density at radius 1 is 1.23 bits per heavy atom. The van der Waals surface area contributed by atoms with E-state index in [1.54, 1.807) is 24.0 Å². The van der Waals surface area contributed by atoms with Crippen LogP contribution in [0, 0.1) is 0 Å². The van der Waals surface area contributed by atoms with Gasteiger partial charge in [-0.3, -0.25) is 14.0 Å². The van der Waals surface area contributed by atoms with E-state index in [4.69, 9.17) is 0 Å². The van der Waals surface area contributed by atoms with Crippen LogP contribution in [0.2, 0.25) is 0 Å². The zero-order valence-corrected chi connectivity index (χ0v) is 18.9. The molecule has 0 amide bonds. The molecule has 9 nitrogen and oxygen atoms in total. The van der Waals surface area contributed by atoms with Gasteiger partial charge in [-0.1, -0.05) is 0 Å². The second-order valence-electron chi connectivity index (χ2n) is 9.35. The lowest BCUT2D eigenvalue weighted by Gasteiger charge is -2.30. The van der Waals surface area contributed by atoms with Gasteiger partial charge in [-0.05, 0) is 31.7 Å². The number of aromatic amines is 1. The van der Waals surface area contributed by atoms with Crippen LogP contribution < -0.4 is 16.2 Å². The second-order valence-corrected chi connectivity index (χ2v) is 9.35. The fourth-order valence-corrected chi connectivity index (χ4v) is 4.78. The molecule has 1 saturated heterocycles. The number of aryl methyl sites for hydroxylation is 1. The molecule has 1 atom stereocenters. The van der Waals surface area contributed by atoms with E-state index in [0.29, 0.717) is 17.6 Å². The summed E-state index contributed by atoms with van der Waals surface area (Å²) < 4.78 is 44.6. The smallest absolute Gasteiger partial charge is 0.356 e. The van der Waals surface area contributed by atoms with Crippen molar-refractivity contribution in [3.05, 3.63) is 53.0 Å². The zero-order chi connectivity index (χ0) is 24.4. The number of pyridine rings is 1. The summed E-state index contributed by atoms with van der Waals surface area (Å²) in [5, 5.41) is 11.1. The molecular formula is C23H23F3N8O. The van der Waals surface area contributed by atoms with Gasteiger partial charge in [0, 0.05) is 60.9 Å². The quantitative estimate of drug-likeness (QED) is 0.411. The predicted octanol–water partition coefficient (Wildman–Crippen LogP) is 3.22. The zero-order valence-electron chi connectivity index (χ0n) is 18.9. The fraction of sp³-hybridized carbons (Fsp3) is 0.391. The maximum absolute atomic E-state index is 13.9. The average molecular weight is 484 g/mol. The highest BCUT2D eigenvalue weighted by atomic mass is 19.4. The Bertz CT molecular complexity index is 1470. The third-order valence-electron chi connectivity index (χ3n) is 6.94. The average Bonchev–Trinajstić information content (AvgIpc) is 3.22. The Balaban J connectivity index is 1.39. The minimum absolute atomic E-state index is 0.0282. The molecule has 2 fully saturated rings. The van der Waals surface area contributed by atoms with E-state index >= 15 is 0 Å². The van der Waals surface area contributed by atoms with Gasteiger partial charge in [0.25, 0.3) is 5.56 Å². The van der Waals surface area contributed by atoms with E-state index in [1.165, 1.54) is 36.0 Å². The van der Waals surface area contributed by atoms with Crippen LogP contribution in [0.3, 0.4) is 0 Å². The lowest BCUT2D eigenvalue weighted by atomic mass is 9.99. The summed E-state index contributed by atoms with van der Waals surface area (Å²) in [5.74, 6) is 0.129. The van der Waals surface area contributed by atoms with Crippen LogP contribution in [0.4, 0.5) is 19.1 Å². The van der Waals surface area contributed by atoms with Crippen molar-refractivity contribution < 1.29 is 13.2 Å². The maximum atomic E-state index is 13.9. The normalized spacial score (nSPS) is 19.4. The van der Waals surface area contributed by atoms with Gasteiger partial charge < -0.3 is 15.6 Å². The first-order valence-electron chi connectivity index (χ1n) is 11.4. The number of halogens is 3. The summed E-state index contributed by atoms with van der Waals surface area (Å²) >= 11 is 0. The summed E-state index contributed by atoms with van der Waals surface area (Å²) in [6, 6.07) is 1.63. The van der Waals surface area contributed by atoms with Crippen LogP contribution in [-0.2, 0) is 13.2 Å². The Morgan fingerprint density at radius 2 is 2.06 bits per heavy atom. The van der Waals surface area contributed by atoms with Crippen molar-refractivity contribution in [2.75, 3.05) is 11.9 Å². The Kier molecular flexibility index (Phi) is 4.78. The minimum atomic E-state index is -4.66. The molecule has 5 heterocycles. The molecule has 1 spiro atoms. The fourth-order valence-electron chi connectivity index (χ4n) is 4.78. The molecule has 1 aliphatic heterocycles. The molecule has 2 aliphatic rings. The molecule has 6 rings (SSSR count). The molecule has 0 bridgehead atoms. The van der Waals surface area contributed by atoms with E-state index in [0.717, 1.165) is 19.0 Å². The van der Waals surface area contributed by atoms with E-state index < -0.39 is 17.3 Å². The van der Waals surface area contributed by atoms with Crippen LogP contribution in [-0.4, -0.2) is 47.4 Å². The summed E-state index contributed by atoms with van der Waals surface area (Å²) in [6.45, 7) is 0.709. The third kappa shape index (κ3) is 3.87. The van der Waals surface area contributed by atoms with E-state index in [9.17, 15) is 18.0 Å². The van der Waals surface area contributed by atoms with Gasteiger partial charge in [0.2, 0.25) is 5.95 Å². The number of H-pyrrole nitrogens is 1.